The van der Waals surface area contributed by atoms with Crippen LogP contribution in [-0.4, -0.2) is 16.2 Å². The van der Waals surface area contributed by atoms with Crippen LogP contribution in [0.25, 0.3) is 10.9 Å². The third-order valence-corrected chi connectivity index (χ3v) is 2.07. The third kappa shape index (κ3) is 1.88. The van der Waals surface area contributed by atoms with Crippen LogP contribution in [0.15, 0.2) is 30.3 Å². The molecule has 0 atom stereocenters. The van der Waals surface area contributed by atoms with Gasteiger partial charge in [0.25, 0.3) is 0 Å². The first-order chi connectivity index (χ1) is 7.16. The normalized spacial score (nSPS) is 10.2. The van der Waals surface area contributed by atoms with Gasteiger partial charge in [0, 0.05) is 5.39 Å². The molecule has 1 aromatic heterocycles. The van der Waals surface area contributed by atoms with Crippen molar-refractivity contribution in [2.45, 2.75) is 6.92 Å². The number of ether oxygens (including phenoxy) is 1. The zero-order valence-corrected chi connectivity index (χ0v) is 8.10. The van der Waals surface area contributed by atoms with Crippen LogP contribution in [0.4, 0.5) is 4.79 Å². The van der Waals surface area contributed by atoms with Crippen LogP contribution in [-0.2, 0) is 0 Å². The van der Waals surface area contributed by atoms with Crippen molar-refractivity contribution in [1.82, 2.24) is 4.98 Å². The lowest BCUT2D eigenvalue weighted by atomic mass is 10.2. The SMILES string of the molecule is Cc1nc2ccccc2cc1OC(=O)O. The van der Waals surface area contributed by atoms with Gasteiger partial charge in [-0.25, -0.2) is 9.78 Å². The smallest absolute Gasteiger partial charge is 0.449 e. The summed E-state index contributed by atoms with van der Waals surface area (Å²) in [7, 11) is 0. The molecule has 0 spiro atoms. The van der Waals surface area contributed by atoms with Crippen LogP contribution < -0.4 is 4.74 Å². The van der Waals surface area contributed by atoms with Gasteiger partial charge in [0.2, 0.25) is 0 Å². The zero-order chi connectivity index (χ0) is 10.8. The molecule has 0 unspecified atom stereocenters. The van der Waals surface area contributed by atoms with Crippen LogP contribution >= 0.6 is 0 Å². The first-order valence-electron chi connectivity index (χ1n) is 4.44. The topological polar surface area (TPSA) is 59.4 Å². The summed E-state index contributed by atoms with van der Waals surface area (Å²) in [5.74, 6) is 0.279. The van der Waals surface area contributed by atoms with Crippen LogP contribution in [0.5, 0.6) is 5.75 Å². The Balaban J connectivity index is 2.56. The van der Waals surface area contributed by atoms with E-state index in [2.05, 4.69) is 9.72 Å². The molecule has 0 bridgehead atoms. The van der Waals surface area contributed by atoms with Crippen LogP contribution in [0.2, 0.25) is 0 Å². The summed E-state index contributed by atoms with van der Waals surface area (Å²) in [6, 6.07) is 9.14. The van der Waals surface area contributed by atoms with E-state index in [1.54, 1.807) is 13.0 Å². The standard InChI is InChI=1S/C11H9NO3/c1-7-10(15-11(13)14)6-8-4-2-3-5-9(8)12-7/h2-6H,1H3,(H,13,14). The molecule has 15 heavy (non-hydrogen) atoms. The van der Waals surface area contributed by atoms with Gasteiger partial charge in [-0.15, -0.1) is 0 Å². The van der Waals surface area contributed by atoms with Crippen molar-refractivity contribution < 1.29 is 14.6 Å². The Morgan fingerprint density at radius 3 is 2.87 bits per heavy atom. The van der Waals surface area contributed by atoms with Gasteiger partial charge in [-0.1, -0.05) is 18.2 Å². The van der Waals surface area contributed by atoms with Gasteiger partial charge >= 0.3 is 6.16 Å². The van der Waals surface area contributed by atoms with Crippen molar-refractivity contribution in [3.05, 3.63) is 36.0 Å². The number of fused-ring (bicyclic) bond motifs is 1. The summed E-state index contributed by atoms with van der Waals surface area (Å²) in [5, 5.41) is 9.37. The summed E-state index contributed by atoms with van der Waals surface area (Å²) >= 11 is 0. The van der Waals surface area contributed by atoms with Gasteiger partial charge in [-0.2, -0.15) is 0 Å². The molecule has 0 saturated heterocycles. The van der Waals surface area contributed by atoms with E-state index >= 15 is 0 Å². The molecule has 1 N–H and O–H groups in total. The molecule has 0 aliphatic heterocycles. The number of pyridine rings is 1. The molecule has 4 nitrogen and oxygen atoms in total. The van der Waals surface area contributed by atoms with Crippen LogP contribution in [0.3, 0.4) is 0 Å². The molecule has 0 aliphatic rings. The number of hydrogen-bond acceptors (Lipinski definition) is 3. The van der Waals surface area contributed by atoms with Crippen LogP contribution in [0.1, 0.15) is 5.69 Å². The minimum atomic E-state index is -1.32. The van der Waals surface area contributed by atoms with Gasteiger partial charge in [-0.05, 0) is 19.1 Å². The molecule has 2 aromatic rings. The Kier molecular flexibility index (Phi) is 2.25. The summed E-state index contributed by atoms with van der Waals surface area (Å²) in [4.78, 5) is 14.6. The molecule has 0 fully saturated rings. The Morgan fingerprint density at radius 1 is 1.40 bits per heavy atom. The lowest BCUT2D eigenvalue weighted by Crippen LogP contribution is -2.05. The largest absolute Gasteiger partial charge is 0.511 e. The van der Waals surface area contributed by atoms with Crippen LogP contribution in [0, 0.1) is 6.92 Å². The van der Waals surface area contributed by atoms with E-state index in [1.165, 1.54) is 0 Å². The number of para-hydroxylation sites is 1. The average Bonchev–Trinajstić information content (AvgIpc) is 2.18. The molecule has 4 heteroatoms. The van der Waals surface area contributed by atoms with Gasteiger partial charge in [0.05, 0.1) is 11.2 Å². The lowest BCUT2D eigenvalue weighted by molar-refractivity contribution is 0.144. The number of aromatic nitrogens is 1. The van der Waals surface area contributed by atoms with Gasteiger partial charge in [0.15, 0.2) is 5.75 Å². The second-order valence-electron chi connectivity index (χ2n) is 3.13. The number of rotatable bonds is 1. The van der Waals surface area contributed by atoms with E-state index in [4.69, 9.17) is 5.11 Å². The Labute approximate surface area is 86.1 Å². The van der Waals surface area contributed by atoms with E-state index in [9.17, 15) is 4.79 Å². The van der Waals surface area contributed by atoms with Gasteiger partial charge in [0.1, 0.15) is 0 Å². The zero-order valence-electron chi connectivity index (χ0n) is 8.10. The molecule has 0 aliphatic carbocycles. The number of carbonyl (C=O) groups is 1. The van der Waals surface area contributed by atoms with Crippen molar-refractivity contribution in [3.8, 4) is 5.75 Å². The van der Waals surface area contributed by atoms with Crippen molar-refractivity contribution in [3.63, 3.8) is 0 Å². The Bertz CT molecular complexity index is 522. The quantitative estimate of drug-likeness (QED) is 0.723. The summed E-state index contributed by atoms with van der Waals surface area (Å²) in [6.45, 7) is 1.71. The molecule has 0 amide bonds. The Hall–Kier alpha value is -2.10. The molecule has 0 saturated carbocycles. The second-order valence-corrected chi connectivity index (χ2v) is 3.13. The second kappa shape index (κ2) is 3.57. The molecule has 76 valence electrons. The van der Waals surface area contributed by atoms with Gasteiger partial charge < -0.3 is 9.84 Å². The monoisotopic (exact) mass is 203 g/mol. The highest BCUT2D eigenvalue weighted by Crippen LogP contribution is 2.22. The van der Waals surface area contributed by atoms with E-state index in [1.807, 2.05) is 24.3 Å². The number of nitrogens with zero attached hydrogens (tertiary/aromatic N) is 1. The highest BCUT2D eigenvalue weighted by Gasteiger charge is 2.07. The molecule has 1 heterocycles. The molecular weight excluding hydrogens is 194 g/mol. The minimum absolute atomic E-state index is 0.279. The van der Waals surface area contributed by atoms with Gasteiger partial charge in [-0.3, -0.25) is 0 Å². The predicted molar refractivity (Wildman–Crippen MR) is 55.1 cm³/mol. The van der Waals surface area contributed by atoms with Crippen molar-refractivity contribution in [2.75, 3.05) is 0 Å². The highest BCUT2D eigenvalue weighted by atomic mass is 16.7. The molecule has 0 radical (unpaired) electrons. The van der Waals surface area contributed by atoms with E-state index < -0.39 is 6.16 Å². The van der Waals surface area contributed by atoms with E-state index in [-0.39, 0.29) is 5.75 Å². The van der Waals surface area contributed by atoms with Crippen molar-refractivity contribution in [2.24, 2.45) is 0 Å². The third-order valence-electron chi connectivity index (χ3n) is 2.07. The average molecular weight is 203 g/mol. The van der Waals surface area contributed by atoms with Crippen molar-refractivity contribution in [1.29, 1.82) is 0 Å². The maximum atomic E-state index is 10.4. The van der Waals surface area contributed by atoms with E-state index in [0.717, 1.165) is 10.9 Å². The molecule has 1 aromatic carbocycles. The first kappa shape index (κ1) is 9.45. The fraction of sp³-hybridized carbons (Fsp3) is 0.0909. The number of carboxylic acid groups (broad SMARTS) is 1. The fourth-order valence-corrected chi connectivity index (χ4v) is 1.39. The number of hydrogen-bond donors (Lipinski definition) is 1. The predicted octanol–water partition coefficient (Wildman–Crippen LogP) is 2.60. The Morgan fingerprint density at radius 2 is 2.13 bits per heavy atom. The highest BCUT2D eigenvalue weighted by molar-refractivity contribution is 5.81. The first-order valence-corrected chi connectivity index (χ1v) is 4.44. The van der Waals surface area contributed by atoms with Crippen molar-refractivity contribution >= 4 is 17.1 Å². The maximum Gasteiger partial charge on any atom is 0.511 e. The minimum Gasteiger partial charge on any atom is -0.449 e. The number of aryl methyl sites for hydroxylation is 1. The fourth-order valence-electron chi connectivity index (χ4n) is 1.39. The summed E-state index contributed by atoms with van der Waals surface area (Å²) in [6.07, 6.45) is -1.32. The molecular formula is C11H9NO3. The number of benzene rings is 1. The summed E-state index contributed by atoms with van der Waals surface area (Å²) < 4.78 is 4.61. The summed E-state index contributed by atoms with van der Waals surface area (Å²) in [5.41, 5.74) is 1.39. The van der Waals surface area contributed by atoms with E-state index in [0.29, 0.717) is 5.69 Å². The lowest BCUT2D eigenvalue weighted by Gasteiger charge is -2.05. The molecule has 2 rings (SSSR count). The maximum absolute atomic E-state index is 10.4.